The lowest BCUT2D eigenvalue weighted by Crippen LogP contribution is -2.34. The molecule has 53 heavy (non-hydrogen) atoms. The van der Waals surface area contributed by atoms with Crippen molar-refractivity contribution in [1.82, 2.24) is 0 Å². The van der Waals surface area contributed by atoms with Gasteiger partial charge in [-0.2, -0.15) is 0 Å². The Labute approximate surface area is 325 Å². The van der Waals surface area contributed by atoms with E-state index in [-0.39, 0.29) is 48.6 Å². The van der Waals surface area contributed by atoms with E-state index in [1.807, 2.05) is 31.2 Å². The topological polar surface area (TPSA) is 91.3 Å². The summed E-state index contributed by atoms with van der Waals surface area (Å²) in [6.45, 7) is 5.73. The van der Waals surface area contributed by atoms with Gasteiger partial charge in [0.05, 0.1) is 30.5 Å². The summed E-state index contributed by atoms with van der Waals surface area (Å²) in [5.74, 6) is 5.91. The molecule has 3 heterocycles. The molecule has 3 fully saturated rings. The third-order valence-corrected chi connectivity index (χ3v) is 12.4. The average Bonchev–Trinajstić information content (AvgIpc) is 3.89. The molecule has 3 aliphatic rings. The molecule has 0 radical (unpaired) electrons. The number of ether oxygens (including phenoxy) is 4. The molecule has 0 aliphatic carbocycles. The van der Waals surface area contributed by atoms with Gasteiger partial charge in [0, 0.05) is 24.7 Å². The molecule has 1 aromatic rings. The van der Waals surface area contributed by atoms with Crippen molar-refractivity contribution in [2.24, 2.45) is 0 Å². The predicted octanol–water partition coefficient (Wildman–Crippen LogP) is 10.5. The maximum Gasteiger partial charge on any atom is 0.322 e. The Morgan fingerprint density at radius 1 is 0.925 bits per heavy atom. The van der Waals surface area contributed by atoms with Crippen LogP contribution in [0.5, 0.6) is 0 Å². The van der Waals surface area contributed by atoms with Crippen LogP contribution in [-0.4, -0.2) is 64.5 Å². The van der Waals surface area contributed by atoms with Crippen molar-refractivity contribution in [2.75, 3.05) is 0 Å². The van der Waals surface area contributed by atoms with Crippen LogP contribution in [0.3, 0.4) is 0 Å². The van der Waals surface area contributed by atoms with Gasteiger partial charge < -0.3 is 24.1 Å². The Balaban J connectivity index is 1.05. The highest BCUT2D eigenvalue weighted by Gasteiger charge is 2.48. The molecule has 1 unspecified atom stereocenters. The Kier molecular flexibility index (Phi) is 19.9. The molecular formula is C45H68O7S. The summed E-state index contributed by atoms with van der Waals surface area (Å²) in [7, 11) is 0. The van der Waals surface area contributed by atoms with Gasteiger partial charge in [-0.15, -0.1) is 11.8 Å². The number of allylic oxidation sites excluding steroid dienone is 2. The normalized spacial score (nSPS) is 26.7. The minimum Gasteiger partial charge on any atom is -0.462 e. The number of unbranched alkanes of at least 4 members (excludes halogenated alkanes) is 12. The van der Waals surface area contributed by atoms with Crippen LogP contribution >= 0.6 is 11.8 Å². The summed E-state index contributed by atoms with van der Waals surface area (Å²) in [6.07, 6.45) is 25.7. The van der Waals surface area contributed by atoms with Crippen LogP contribution in [0.15, 0.2) is 47.4 Å². The van der Waals surface area contributed by atoms with E-state index in [1.54, 1.807) is 11.8 Å². The monoisotopic (exact) mass is 752 g/mol. The second-order valence-electron chi connectivity index (χ2n) is 15.6. The highest BCUT2D eigenvalue weighted by molar-refractivity contribution is 8.01. The Hall–Kier alpha value is -2.31. The molecule has 0 spiro atoms. The average molecular weight is 753 g/mol. The SMILES string of the molecule is CCCCCCCCCC[C@H](OC(C)=O)[C@H]1CC[C@H]([C@H]2CC[C@H]([C@H](O)CC#C/C=C/CCCCCCCC3(Sc4ccccc4)C[C@H](C)OC3=O)O2)O1. The number of aliphatic hydroxyl groups is 1. The number of hydrogen-bond donors (Lipinski definition) is 1. The summed E-state index contributed by atoms with van der Waals surface area (Å²) in [4.78, 5) is 25.8. The molecule has 296 valence electrons. The first-order chi connectivity index (χ1) is 25.8. The molecular weight excluding hydrogens is 685 g/mol. The molecule has 8 heteroatoms. The van der Waals surface area contributed by atoms with Crippen LogP contribution < -0.4 is 0 Å². The van der Waals surface area contributed by atoms with Gasteiger partial charge in [0.15, 0.2) is 0 Å². The van der Waals surface area contributed by atoms with E-state index in [0.29, 0.717) is 6.42 Å². The third kappa shape index (κ3) is 15.4. The van der Waals surface area contributed by atoms with Gasteiger partial charge in [0.25, 0.3) is 0 Å². The van der Waals surface area contributed by atoms with Gasteiger partial charge in [-0.1, -0.05) is 114 Å². The fourth-order valence-electron chi connectivity index (χ4n) is 8.13. The molecule has 0 aromatic heterocycles. The van der Waals surface area contributed by atoms with Crippen molar-refractivity contribution in [3.63, 3.8) is 0 Å². The molecule has 0 bridgehead atoms. The zero-order chi connectivity index (χ0) is 37.7. The fourth-order valence-corrected chi connectivity index (χ4v) is 9.57. The van der Waals surface area contributed by atoms with Crippen LogP contribution in [0.25, 0.3) is 0 Å². The summed E-state index contributed by atoms with van der Waals surface area (Å²) in [5.41, 5.74) is 0. The Bertz CT molecular complexity index is 1290. The van der Waals surface area contributed by atoms with Crippen molar-refractivity contribution >= 4 is 23.7 Å². The van der Waals surface area contributed by atoms with E-state index in [4.69, 9.17) is 18.9 Å². The number of thioether (sulfide) groups is 1. The smallest absolute Gasteiger partial charge is 0.322 e. The molecule has 1 N–H and O–H groups in total. The summed E-state index contributed by atoms with van der Waals surface area (Å²) < 4.78 is 23.6. The zero-order valence-corrected chi connectivity index (χ0v) is 33.8. The number of benzene rings is 1. The van der Waals surface area contributed by atoms with Gasteiger partial charge >= 0.3 is 11.9 Å². The summed E-state index contributed by atoms with van der Waals surface area (Å²) >= 11 is 1.68. The van der Waals surface area contributed by atoms with Crippen LogP contribution in [-0.2, 0) is 28.5 Å². The van der Waals surface area contributed by atoms with Crippen molar-refractivity contribution in [1.29, 1.82) is 0 Å². The van der Waals surface area contributed by atoms with E-state index in [1.165, 1.54) is 51.9 Å². The largest absolute Gasteiger partial charge is 0.462 e. The summed E-state index contributed by atoms with van der Waals surface area (Å²) in [5, 5.41) is 10.8. The summed E-state index contributed by atoms with van der Waals surface area (Å²) in [6, 6.07) is 10.2. The standard InChI is InChI=1S/C45H68O7S/c1-4-5-6-7-8-14-17-23-28-40(50-36(3)46)41-31-32-43(52-41)42-30-29-39(51-42)38(47)27-22-16-13-11-9-10-12-15-18-24-33-45(34-35(2)49-44(45)48)53-37-25-20-19-21-26-37/h11,13,19-21,25-26,35,38-43,47H,4-10,12,14-15,17-18,23-24,27-34H2,1-3H3/b13-11+/t35-,38+,39+,40-,41+,42+,43+,45?/m0/s1. The first-order valence-electron chi connectivity index (χ1n) is 21.0. The minimum absolute atomic E-state index is 0.0187. The molecule has 4 rings (SSSR count). The van der Waals surface area contributed by atoms with E-state index in [0.717, 1.165) is 94.8 Å². The molecule has 3 saturated heterocycles. The Morgan fingerprint density at radius 2 is 1.57 bits per heavy atom. The van der Waals surface area contributed by atoms with Crippen LogP contribution in [0.4, 0.5) is 0 Å². The van der Waals surface area contributed by atoms with Crippen LogP contribution in [0.1, 0.15) is 162 Å². The number of carbonyl (C=O) groups is 2. The first-order valence-corrected chi connectivity index (χ1v) is 21.9. The molecule has 0 saturated carbocycles. The molecule has 3 aliphatic heterocycles. The second kappa shape index (κ2) is 24.3. The molecule has 8 atom stereocenters. The number of esters is 2. The molecule has 7 nitrogen and oxygen atoms in total. The van der Waals surface area contributed by atoms with Crippen LogP contribution in [0, 0.1) is 11.8 Å². The van der Waals surface area contributed by atoms with Gasteiger partial charge in [0.2, 0.25) is 0 Å². The van der Waals surface area contributed by atoms with Crippen molar-refractivity contribution < 1.29 is 33.6 Å². The van der Waals surface area contributed by atoms with E-state index in [2.05, 4.69) is 37.0 Å². The maximum atomic E-state index is 12.8. The zero-order valence-electron chi connectivity index (χ0n) is 32.9. The number of aliphatic hydroxyl groups excluding tert-OH is 1. The van der Waals surface area contributed by atoms with Crippen molar-refractivity contribution in [3.8, 4) is 11.8 Å². The lowest BCUT2D eigenvalue weighted by molar-refractivity contribution is -0.158. The van der Waals surface area contributed by atoms with Gasteiger partial charge in [0.1, 0.15) is 17.0 Å². The van der Waals surface area contributed by atoms with Gasteiger partial charge in [-0.25, -0.2) is 0 Å². The lowest BCUT2D eigenvalue weighted by atomic mass is 9.96. The highest BCUT2D eigenvalue weighted by atomic mass is 32.2. The van der Waals surface area contributed by atoms with Crippen LogP contribution in [0.2, 0.25) is 0 Å². The van der Waals surface area contributed by atoms with E-state index in [9.17, 15) is 14.7 Å². The Morgan fingerprint density at radius 3 is 2.25 bits per heavy atom. The number of cyclic esters (lactones) is 1. The number of rotatable bonds is 24. The van der Waals surface area contributed by atoms with Crippen molar-refractivity contribution in [2.45, 2.75) is 214 Å². The van der Waals surface area contributed by atoms with Gasteiger partial charge in [-0.3, -0.25) is 9.59 Å². The maximum absolute atomic E-state index is 12.8. The predicted molar refractivity (Wildman–Crippen MR) is 214 cm³/mol. The first kappa shape index (κ1) is 43.4. The van der Waals surface area contributed by atoms with E-state index < -0.39 is 10.9 Å². The minimum atomic E-state index is -0.617. The van der Waals surface area contributed by atoms with Gasteiger partial charge in [-0.05, 0) is 82.9 Å². The third-order valence-electron chi connectivity index (χ3n) is 11.0. The van der Waals surface area contributed by atoms with E-state index >= 15 is 0 Å². The quantitative estimate of drug-likeness (QED) is 0.0634. The molecule has 0 amide bonds. The number of hydrogen-bond acceptors (Lipinski definition) is 8. The fraction of sp³-hybridized carbons (Fsp3) is 0.733. The van der Waals surface area contributed by atoms with Crippen molar-refractivity contribution in [3.05, 3.63) is 42.5 Å². The second-order valence-corrected chi connectivity index (χ2v) is 17.1. The highest BCUT2D eigenvalue weighted by Crippen LogP contribution is 2.46. The number of carbonyl (C=O) groups excluding carboxylic acids is 2. The molecule has 1 aromatic carbocycles. The lowest BCUT2D eigenvalue weighted by Gasteiger charge is -2.26.